The van der Waals surface area contributed by atoms with Crippen molar-refractivity contribution in [2.24, 2.45) is 0 Å². The fraction of sp³-hybridized carbons (Fsp3) is 0.195. The Hall–Kier alpha value is -3.49. The van der Waals surface area contributed by atoms with Crippen molar-refractivity contribution in [2.75, 3.05) is 28.2 Å². The molecule has 4 aliphatic rings. The van der Waals surface area contributed by atoms with Crippen LogP contribution in [0.1, 0.15) is 36.1 Å². The molecule has 0 N–H and O–H groups in total. The van der Waals surface area contributed by atoms with E-state index in [-0.39, 0.29) is 0 Å². The Morgan fingerprint density at radius 2 is 0.932 bits per heavy atom. The summed E-state index contributed by atoms with van der Waals surface area (Å²) in [6, 6.07) is 27.0. The van der Waals surface area contributed by atoms with Crippen LogP contribution in [0.2, 0.25) is 0 Å². The molecule has 0 bridgehead atoms. The van der Waals surface area contributed by atoms with Crippen molar-refractivity contribution in [1.82, 2.24) is 0 Å². The third-order valence-electron chi connectivity index (χ3n) is 8.65. The fourth-order valence-corrected chi connectivity index (χ4v) is 14.1. The first kappa shape index (κ1) is 30.5. The Bertz CT molecular complexity index is 1870. The van der Waals surface area contributed by atoms with Crippen molar-refractivity contribution in [3.63, 3.8) is 0 Å². The van der Waals surface area contributed by atoms with E-state index >= 15 is 0 Å². The first-order chi connectivity index (χ1) is 21.5. The molecule has 0 saturated carbocycles. The molecule has 4 aromatic carbocycles. The van der Waals surface area contributed by atoms with E-state index in [0.717, 1.165) is 12.8 Å². The smallest absolute Gasteiger partial charge is 0.162 e. The number of hydrogen-bond acceptors (Lipinski definition) is 0. The van der Waals surface area contributed by atoms with Gasteiger partial charge < -0.3 is 10.6 Å². The van der Waals surface area contributed by atoms with Gasteiger partial charge in [-0.2, -0.15) is 28.2 Å². The second-order valence-corrected chi connectivity index (χ2v) is 18.8. The van der Waals surface area contributed by atoms with E-state index in [1.807, 2.05) is 0 Å². The van der Waals surface area contributed by atoms with E-state index in [2.05, 4.69) is 134 Å². The van der Waals surface area contributed by atoms with E-state index in [4.69, 9.17) is 0 Å². The van der Waals surface area contributed by atoms with E-state index < -0.39 is 21.3 Å². The molecule has 4 aromatic rings. The van der Waals surface area contributed by atoms with Gasteiger partial charge in [0.05, 0.1) is 0 Å². The maximum atomic E-state index is 3.50. The SMILES string of the molecule is C[C](C)=[Zr+2]([C]1=CC=C2C1=CCc1ccc3ccccc3c12)[C]1=CC=C2C1=CCc1ccc3ccccc3c12.C[N-]C.C[N-]C. The van der Waals surface area contributed by atoms with Gasteiger partial charge in [0.2, 0.25) is 0 Å². The first-order valence-electron chi connectivity index (χ1n) is 15.4. The fourth-order valence-electron chi connectivity index (χ4n) is 7.01. The van der Waals surface area contributed by atoms with Crippen molar-refractivity contribution in [3.8, 4) is 0 Å². The van der Waals surface area contributed by atoms with Crippen molar-refractivity contribution < 1.29 is 21.3 Å². The minimum Gasteiger partial charge on any atom is -0.668 e. The molecule has 4 aliphatic carbocycles. The summed E-state index contributed by atoms with van der Waals surface area (Å²) in [5.74, 6) is 0. The molecule has 0 radical (unpaired) electrons. The van der Waals surface area contributed by atoms with Gasteiger partial charge >= 0.3 is 233 Å². The van der Waals surface area contributed by atoms with Crippen LogP contribution in [0.15, 0.2) is 127 Å². The van der Waals surface area contributed by atoms with Gasteiger partial charge in [-0.05, 0) is 0 Å². The van der Waals surface area contributed by atoms with E-state index in [0.29, 0.717) is 0 Å². The zero-order valence-corrected chi connectivity index (χ0v) is 29.2. The summed E-state index contributed by atoms with van der Waals surface area (Å²) in [5.41, 5.74) is 11.7. The van der Waals surface area contributed by atoms with Crippen molar-refractivity contribution in [2.45, 2.75) is 26.7 Å². The number of benzene rings is 4. The Balaban J connectivity index is 0.000000532. The molecule has 0 heterocycles. The van der Waals surface area contributed by atoms with E-state index in [9.17, 15) is 0 Å². The molecule has 0 amide bonds. The monoisotopic (exact) mass is 650 g/mol. The normalized spacial score (nSPS) is 15.2. The van der Waals surface area contributed by atoms with Crippen LogP contribution in [0.5, 0.6) is 0 Å². The average Bonchev–Trinajstić information content (AvgIpc) is 3.66. The van der Waals surface area contributed by atoms with Gasteiger partial charge in [0.25, 0.3) is 0 Å². The van der Waals surface area contributed by atoms with Crippen LogP contribution in [0.25, 0.3) is 43.3 Å². The molecule has 0 aliphatic heterocycles. The number of hydrogen-bond donors (Lipinski definition) is 0. The Kier molecular flexibility index (Phi) is 9.19. The molecule has 0 atom stereocenters. The van der Waals surface area contributed by atoms with Crippen LogP contribution in [0.3, 0.4) is 0 Å². The number of rotatable bonds is 2. The third-order valence-corrected chi connectivity index (χ3v) is 15.9. The molecule has 8 rings (SSSR count). The third kappa shape index (κ3) is 5.36. The van der Waals surface area contributed by atoms with Gasteiger partial charge in [0.1, 0.15) is 0 Å². The van der Waals surface area contributed by atoms with Gasteiger partial charge in [-0.25, -0.2) is 0 Å². The van der Waals surface area contributed by atoms with Crippen LogP contribution < -0.4 is 0 Å². The summed E-state index contributed by atoms with van der Waals surface area (Å²) in [4.78, 5) is 0. The van der Waals surface area contributed by atoms with Gasteiger partial charge in [0, 0.05) is 0 Å². The molecule has 0 saturated heterocycles. The van der Waals surface area contributed by atoms with Crippen molar-refractivity contribution in [1.29, 1.82) is 0 Å². The minimum atomic E-state index is -2.32. The molecular weight excluding hydrogens is 612 g/mol. The molecule has 218 valence electrons. The van der Waals surface area contributed by atoms with Gasteiger partial charge in [-0.3, -0.25) is 0 Å². The van der Waals surface area contributed by atoms with E-state index in [1.54, 1.807) is 38.0 Å². The second kappa shape index (κ2) is 13.2. The molecule has 0 fully saturated rings. The quantitative estimate of drug-likeness (QED) is 0.206. The van der Waals surface area contributed by atoms with E-state index in [1.165, 1.54) is 66.1 Å². The summed E-state index contributed by atoms with van der Waals surface area (Å²) in [5, 5.41) is 12.5. The van der Waals surface area contributed by atoms with Gasteiger partial charge in [-0.1, -0.05) is 0 Å². The van der Waals surface area contributed by atoms with Crippen molar-refractivity contribution in [3.05, 3.63) is 160 Å². The van der Waals surface area contributed by atoms with Gasteiger partial charge in [0.15, 0.2) is 0 Å². The molecule has 0 aromatic heterocycles. The van der Waals surface area contributed by atoms with Crippen molar-refractivity contribution >= 4 is 35.9 Å². The summed E-state index contributed by atoms with van der Waals surface area (Å²) < 4.78 is 4.93. The maximum Gasteiger partial charge on any atom is -0.162 e. The molecule has 2 nitrogen and oxygen atoms in total. The predicted molar refractivity (Wildman–Crippen MR) is 190 cm³/mol. The molecular formula is C41H40N2Zr. The minimum absolute atomic E-state index is 1.02. The second-order valence-electron chi connectivity index (χ2n) is 11.9. The summed E-state index contributed by atoms with van der Waals surface area (Å²) >= 11 is -2.32. The molecule has 3 heteroatoms. The van der Waals surface area contributed by atoms with Crippen LogP contribution in [0, 0.1) is 0 Å². The molecule has 44 heavy (non-hydrogen) atoms. The standard InChI is InChI=1S/2C17H11.C3H6.2C2H6N.Zr/c2*1-2-6-15-12(4-1)8-10-14-11-9-13-5-3-7-16(13)17(14)15;3*1-3-2;/h2*1-4,6-10H,11H2;3*1-2H3;/q;;;2*-1;+2. The Morgan fingerprint density at radius 1 is 0.523 bits per heavy atom. The Morgan fingerprint density at radius 3 is 1.34 bits per heavy atom. The van der Waals surface area contributed by atoms with Crippen LogP contribution in [-0.4, -0.2) is 31.4 Å². The zero-order valence-electron chi connectivity index (χ0n) is 26.7. The number of nitrogens with zero attached hydrogens (tertiary/aromatic N) is 2. The Labute approximate surface area is 270 Å². The summed E-state index contributed by atoms with van der Waals surface area (Å²) in [6.45, 7) is 4.79. The molecule has 0 unspecified atom stereocenters. The first-order valence-corrected chi connectivity index (χ1v) is 19.1. The molecule has 0 spiro atoms. The maximum absolute atomic E-state index is 3.50. The average molecular weight is 652 g/mol. The van der Waals surface area contributed by atoms with Gasteiger partial charge in [-0.15, -0.1) is 0 Å². The van der Waals surface area contributed by atoms with Crippen LogP contribution in [-0.2, 0) is 34.1 Å². The largest absolute Gasteiger partial charge is 0.668 e. The topological polar surface area (TPSA) is 28.2 Å². The number of fused-ring (bicyclic) bond motifs is 10. The van der Waals surface area contributed by atoms with Crippen LogP contribution >= 0.6 is 0 Å². The number of allylic oxidation sites excluding steroid dienone is 12. The van der Waals surface area contributed by atoms with Crippen LogP contribution in [0.4, 0.5) is 0 Å². The summed E-state index contributed by atoms with van der Waals surface area (Å²) in [6.07, 6.45) is 16.9. The summed E-state index contributed by atoms with van der Waals surface area (Å²) in [7, 11) is 7.00. The zero-order chi connectivity index (χ0) is 30.8. The predicted octanol–water partition coefficient (Wildman–Crippen LogP) is 10.3.